The Balaban J connectivity index is 2.40. The number of aliphatic hydroxyl groups excluding tert-OH is 1. The van der Waals surface area contributed by atoms with Crippen molar-refractivity contribution in [2.24, 2.45) is 11.8 Å². The first kappa shape index (κ1) is 21.6. The lowest BCUT2D eigenvalue weighted by Gasteiger charge is -2.17. The number of Topliss-reactive ketones (excluding diaryl/α,β-unsaturated/α-hetero) is 1. The lowest BCUT2D eigenvalue weighted by Crippen LogP contribution is -2.19. The number of allylic oxidation sites excluding steroid dienone is 1. The zero-order valence-electron chi connectivity index (χ0n) is 15.3. The number of carboxylic acid groups (broad SMARTS) is 1. The third-order valence-electron chi connectivity index (χ3n) is 4.92. The summed E-state index contributed by atoms with van der Waals surface area (Å²) in [5.41, 5.74) is 0. The minimum Gasteiger partial charge on any atom is -0.481 e. The van der Waals surface area contributed by atoms with Gasteiger partial charge >= 0.3 is 5.97 Å². The number of rotatable bonds is 13. The van der Waals surface area contributed by atoms with E-state index in [-0.39, 0.29) is 36.2 Å². The number of carboxylic acids is 1. The molecule has 0 aliphatic heterocycles. The Morgan fingerprint density at radius 1 is 1.08 bits per heavy atom. The number of hydrogen-bond acceptors (Lipinski definition) is 4. The molecule has 1 saturated carbocycles. The number of hydrogen-bond donors (Lipinski definition) is 2. The third-order valence-corrected chi connectivity index (χ3v) is 4.92. The number of ketones is 2. The van der Waals surface area contributed by atoms with Crippen molar-refractivity contribution in [3.8, 4) is 0 Å². The highest BCUT2D eigenvalue weighted by atomic mass is 16.4. The van der Waals surface area contributed by atoms with Crippen LogP contribution in [0.2, 0.25) is 0 Å². The Kier molecular flexibility index (Phi) is 10.3. The molecule has 1 aliphatic rings. The van der Waals surface area contributed by atoms with Gasteiger partial charge in [0.25, 0.3) is 0 Å². The van der Waals surface area contributed by atoms with E-state index in [9.17, 15) is 19.5 Å². The Bertz CT molecular complexity index is 469. The molecule has 0 saturated heterocycles. The van der Waals surface area contributed by atoms with Crippen molar-refractivity contribution in [3.05, 3.63) is 12.2 Å². The summed E-state index contributed by atoms with van der Waals surface area (Å²) in [7, 11) is 0. The van der Waals surface area contributed by atoms with Crippen LogP contribution >= 0.6 is 0 Å². The number of unbranched alkanes of at least 4 members (excludes halogenated alkanes) is 5. The second-order valence-corrected chi connectivity index (χ2v) is 7.05. The van der Waals surface area contributed by atoms with Crippen LogP contribution in [-0.4, -0.2) is 33.9 Å². The van der Waals surface area contributed by atoms with Crippen LogP contribution in [0, 0.1) is 11.8 Å². The minimum absolute atomic E-state index is 0.0624. The monoisotopic (exact) mass is 352 g/mol. The molecule has 5 nitrogen and oxygen atoms in total. The van der Waals surface area contributed by atoms with Gasteiger partial charge in [-0.2, -0.15) is 0 Å². The zero-order valence-corrected chi connectivity index (χ0v) is 15.3. The van der Waals surface area contributed by atoms with Crippen molar-refractivity contribution < 1.29 is 24.6 Å². The minimum atomic E-state index is -0.775. The van der Waals surface area contributed by atoms with Gasteiger partial charge in [-0.25, -0.2) is 0 Å². The smallest absolute Gasteiger partial charge is 0.303 e. The lowest BCUT2D eigenvalue weighted by atomic mass is 9.88. The summed E-state index contributed by atoms with van der Waals surface area (Å²) in [6.07, 6.45) is 10.4. The van der Waals surface area contributed by atoms with E-state index in [1.807, 2.05) is 0 Å². The van der Waals surface area contributed by atoms with Crippen LogP contribution in [0.3, 0.4) is 0 Å². The fraction of sp³-hybridized carbons (Fsp3) is 0.750. The van der Waals surface area contributed by atoms with Crippen molar-refractivity contribution in [1.29, 1.82) is 0 Å². The molecule has 0 aromatic rings. The second kappa shape index (κ2) is 12.0. The van der Waals surface area contributed by atoms with E-state index in [1.165, 1.54) is 0 Å². The summed E-state index contributed by atoms with van der Waals surface area (Å²) in [6.45, 7) is 2.09. The van der Waals surface area contributed by atoms with Crippen molar-refractivity contribution in [3.63, 3.8) is 0 Å². The highest BCUT2D eigenvalue weighted by Crippen LogP contribution is 2.34. The van der Waals surface area contributed by atoms with Crippen LogP contribution in [0.15, 0.2) is 12.2 Å². The zero-order chi connectivity index (χ0) is 18.7. The number of carbonyl (C=O) groups excluding carboxylic acids is 2. The number of aliphatic hydroxyl groups is 1. The van der Waals surface area contributed by atoms with Gasteiger partial charge < -0.3 is 10.2 Å². The van der Waals surface area contributed by atoms with Crippen LogP contribution in [0.4, 0.5) is 0 Å². The van der Waals surface area contributed by atoms with Gasteiger partial charge in [0, 0.05) is 31.1 Å². The molecule has 25 heavy (non-hydrogen) atoms. The summed E-state index contributed by atoms with van der Waals surface area (Å²) in [6, 6.07) is 0. The van der Waals surface area contributed by atoms with Crippen LogP contribution in [-0.2, 0) is 14.4 Å². The number of aliphatic carboxylic acids is 1. The molecule has 1 aliphatic carbocycles. The molecule has 2 N–H and O–H groups in total. The van der Waals surface area contributed by atoms with Crippen molar-refractivity contribution in [2.45, 2.75) is 83.7 Å². The van der Waals surface area contributed by atoms with Gasteiger partial charge in [0.05, 0.1) is 6.10 Å². The van der Waals surface area contributed by atoms with Crippen LogP contribution in [0.25, 0.3) is 0 Å². The molecule has 5 heteroatoms. The standard InChI is InChI=1S/C20H32O5/c1-2-3-6-9-15(21)12-13-17-16(18(22)14-19(17)23)10-7-4-5-8-11-20(24)25/h12-13,16-17,19,23H,2-11,14H2,1H3,(H,24,25)/t16-,17-,19?/m1/s1. The predicted octanol–water partition coefficient (Wildman–Crippen LogP) is 3.68. The van der Waals surface area contributed by atoms with Gasteiger partial charge in [-0.15, -0.1) is 0 Å². The fourth-order valence-electron chi connectivity index (χ4n) is 3.44. The third kappa shape index (κ3) is 8.43. The van der Waals surface area contributed by atoms with Gasteiger partial charge in [0.2, 0.25) is 0 Å². The molecule has 1 fully saturated rings. The van der Waals surface area contributed by atoms with Gasteiger partial charge in [0.15, 0.2) is 5.78 Å². The van der Waals surface area contributed by atoms with E-state index in [2.05, 4.69) is 6.92 Å². The molecule has 1 rings (SSSR count). The average Bonchev–Trinajstić information content (AvgIpc) is 2.82. The summed E-state index contributed by atoms with van der Waals surface area (Å²) >= 11 is 0. The molecule has 1 unspecified atom stereocenters. The highest BCUT2D eigenvalue weighted by molar-refractivity contribution is 5.90. The molecular weight excluding hydrogens is 320 g/mol. The maximum Gasteiger partial charge on any atom is 0.303 e. The van der Waals surface area contributed by atoms with Gasteiger partial charge in [-0.3, -0.25) is 14.4 Å². The van der Waals surface area contributed by atoms with Gasteiger partial charge in [-0.1, -0.05) is 45.1 Å². The molecule has 142 valence electrons. The molecule has 3 atom stereocenters. The SMILES string of the molecule is CCCCCC(=O)C=C[C@H]1C(O)CC(=O)[C@@H]1CCCCCCC(=O)O. The Hall–Kier alpha value is -1.49. The van der Waals surface area contributed by atoms with Crippen molar-refractivity contribution >= 4 is 17.5 Å². The fourth-order valence-corrected chi connectivity index (χ4v) is 3.44. The summed E-state index contributed by atoms with van der Waals surface area (Å²) < 4.78 is 0. The predicted molar refractivity (Wildman–Crippen MR) is 96.2 cm³/mol. The molecule has 0 amide bonds. The van der Waals surface area contributed by atoms with Crippen molar-refractivity contribution in [2.75, 3.05) is 0 Å². The lowest BCUT2D eigenvalue weighted by molar-refractivity contribution is -0.137. The normalized spacial score (nSPS) is 23.4. The summed E-state index contributed by atoms with van der Waals surface area (Å²) in [5, 5.41) is 18.7. The summed E-state index contributed by atoms with van der Waals surface area (Å²) in [5.74, 6) is -1.11. The maximum atomic E-state index is 12.1. The van der Waals surface area contributed by atoms with Crippen LogP contribution in [0.1, 0.15) is 77.6 Å². The van der Waals surface area contributed by atoms with Gasteiger partial charge in [0.1, 0.15) is 5.78 Å². The number of carbonyl (C=O) groups is 3. The summed E-state index contributed by atoms with van der Waals surface area (Å²) in [4.78, 5) is 34.4. The molecule has 0 bridgehead atoms. The molecule has 0 aromatic carbocycles. The van der Waals surface area contributed by atoms with E-state index < -0.39 is 12.1 Å². The largest absolute Gasteiger partial charge is 0.481 e. The van der Waals surface area contributed by atoms with E-state index in [0.717, 1.165) is 38.5 Å². The van der Waals surface area contributed by atoms with E-state index in [0.29, 0.717) is 19.3 Å². The molecular formula is C20H32O5. The van der Waals surface area contributed by atoms with Gasteiger partial charge in [-0.05, 0) is 25.3 Å². The van der Waals surface area contributed by atoms with E-state index >= 15 is 0 Å². The molecule has 0 heterocycles. The Morgan fingerprint density at radius 2 is 1.76 bits per heavy atom. The molecule has 0 spiro atoms. The second-order valence-electron chi connectivity index (χ2n) is 7.05. The highest BCUT2D eigenvalue weighted by Gasteiger charge is 2.39. The molecule has 0 aromatic heterocycles. The first-order chi connectivity index (χ1) is 12.0. The average molecular weight is 352 g/mol. The Morgan fingerprint density at radius 3 is 2.44 bits per heavy atom. The van der Waals surface area contributed by atoms with Crippen LogP contribution in [0.5, 0.6) is 0 Å². The maximum absolute atomic E-state index is 12.1. The first-order valence-electron chi connectivity index (χ1n) is 9.59. The first-order valence-corrected chi connectivity index (χ1v) is 9.59. The quantitative estimate of drug-likeness (QED) is 0.390. The molecule has 0 radical (unpaired) electrons. The van der Waals surface area contributed by atoms with E-state index in [4.69, 9.17) is 5.11 Å². The van der Waals surface area contributed by atoms with E-state index in [1.54, 1.807) is 12.2 Å². The topological polar surface area (TPSA) is 91.7 Å². The van der Waals surface area contributed by atoms with Crippen LogP contribution < -0.4 is 0 Å². The van der Waals surface area contributed by atoms with Crippen molar-refractivity contribution in [1.82, 2.24) is 0 Å². The Labute approximate surface area is 150 Å².